The molecule has 1 rings (SSSR count). The molecule has 0 aromatic carbocycles. The molecule has 64 valence electrons. The lowest BCUT2D eigenvalue weighted by molar-refractivity contribution is 0.266. The van der Waals surface area contributed by atoms with Crippen LogP contribution in [-0.2, 0) is 4.74 Å². The maximum absolute atomic E-state index is 8.88. The van der Waals surface area contributed by atoms with Gasteiger partial charge in [0, 0.05) is 12.8 Å². The zero-order chi connectivity index (χ0) is 8.69. The first-order valence-corrected chi connectivity index (χ1v) is 3.95. The van der Waals surface area contributed by atoms with E-state index in [1.807, 2.05) is 13.8 Å². The topological polar surface area (TPSA) is 29.5 Å². The Morgan fingerprint density at radius 1 is 1.27 bits per heavy atom. The Hall–Kier alpha value is -0.920. The first-order chi connectivity index (χ1) is 5.33. The summed E-state index contributed by atoms with van der Waals surface area (Å²) >= 11 is 0. The molecule has 0 amide bonds. The Balaban J connectivity index is 0.000000461. The van der Waals surface area contributed by atoms with Crippen LogP contribution in [0.25, 0.3) is 0 Å². The second kappa shape index (κ2) is 5.83. The Morgan fingerprint density at radius 2 is 1.91 bits per heavy atom. The molecule has 0 aromatic heterocycles. The second-order valence-electron chi connectivity index (χ2n) is 2.00. The summed E-state index contributed by atoms with van der Waals surface area (Å²) in [6.07, 6.45) is 4.99. The van der Waals surface area contributed by atoms with Gasteiger partial charge in [0.25, 0.3) is 0 Å². The number of allylic oxidation sites excluding steroid dienone is 4. The monoisotopic (exact) mass is 156 g/mol. The summed E-state index contributed by atoms with van der Waals surface area (Å²) in [6.45, 7) is 4.00. The summed E-state index contributed by atoms with van der Waals surface area (Å²) in [5.41, 5.74) is 0. The normalized spacial score (nSPS) is 15.5. The van der Waals surface area contributed by atoms with Crippen molar-refractivity contribution in [2.75, 3.05) is 7.11 Å². The van der Waals surface area contributed by atoms with Crippen LogP contribution in [0.3, 0.4) is 0 Å². The third-order valence-electron chi connectivity index (χ3n) is 1.35. The van der Waals surface area contributed by atoms with Crippen molar-refractivity contribution in [2.24, 2.45) is 0 Å². The van der Waals surface area contributed by atoms with E-state index in [0.717, 1.165) is 12.2 Å². The van der Waals surface area contributed by atoms with Gasteiger partial charge in [0.1, 0.15) is 0 Å². The number of ether oxygens (including phenoxy) is 1. The molecule has 2 nitrogen and oxygen atoms in total. The lowest BCUT2D eigenvalue weighted by Gasteiger charge is -2.08. The Labute approximate surface area is 68.2 Å². The zero-order valence-electron chi connectivity index (χ0n) is 7.42. The van der Waals surface area contributed by atoms with Gasteiger partial charge < -0.3 is 9.84 Å². The molecule has 0 fully saturated rings. The van der Waals surface area contributed by atoms with Crippen LogP contribution >= 0.6 is 0 Å². The van der Waals surface area contributed by atoms with E-state index < -0.39 is 0 Å². The lowest BCUT2D eigenvalue weighted by Crippen LogP contribution is -1.93. The number of methoxy groups -OCH3 is 1. The molecule has 0 bridgehead atoms. The number of aliphatic hydroxyl groups excluding tert-OH is 1. The molecule has 0 spiro atoms. The van der Waals surface area contributed by atoms with Crippen LogP contribution in [0.1, 0.15) is 26.7 Å². The molecule has 0 radical (unpaired) electrons. The van der Waals surface area contributed by atoms with Crippen LogP contribution in [0.5, 0.6) is 0 Å². The molecule has 1 aliphatic carbocycles. The van der Waals surface area contributed by atoms with E-state index in [-0.39, 0.29) is 0 Å². The third kappa shape index (κ3) is 3.71. The van der Waals surface area contributed by atoms with Crippen molar-refractivity contribution in [3.05, 3.63) is 23.7 Å². The minimum absolute atomic E-state index is 0.441. The van der Waals surface area contributed by atoms with E-state index in [0.29, 0.717) is 12.2 Å². The van der Waals surface area contributed by atoms with Gasteiger partial charge in [0.2, 0.25) is 0 Å². The van der Waals surface area contributed by atoms with Gasteiger partial charge >= 0.3 is 0 Å². The van der Waals surface area contributed by atoms with Gasteiger partial charge in [-0.15, -0.1) is 0 Å². The Bertz CT molecular complexity index is 157. The summed E-state index contributed by atoms with van der Waals surface area (Å²) in [5, 5.41) is 8.88. The van der Waals surface area contributed by atoms with Gasteiger partial charge in [0.05, 0.1) is 18.6 Å². The van der Waals surface area contributed by atoms with E-state index in [2.05, 4.69) is 0 Å². The highest BCUT2D eigenvalue weighted by molar-refractivity contribution is 5.16. The molecule has 0 heterocycles. The first-order valence-electron chi connectivity index (χ1n) is 3.95. The zero-order valence-corrected chi connectivity index (χ0v) is 7.42. The fourth-order valence-electron chi connectivity index (χ4n) is 0.777. The van der Waals surface area contributed by atoms with Crippen LogP contribution in [0, 0.1) is 0 Å². The molecule has 0 unspecified atom stereocenters. The first kappa shape index (κ1) is 10.1. The van der Waals surface area contributed by atoms with Crippen molar-refractivity contribution >= 4 is 0 Å². The van der Waals surface area contributed by atoms with Crippen molar-refractivity contribution < 1.29 is 9.84 Å². The maximum atomic E-state index is 8.88. The predicted octanol–water partition coefficient (Wildman–Crippen LogP) is 2.78. The molecular weight excluding hydrogens is 140 g/mol. The quantitative estimate of drug-likeness (QED) is 0.632. The largest absolute Gasteiger partial charge is 0.512 e. The summed E-state index contributed by atoms with van der Waals surface area (Å²) in [4.78, 5) is 0. The van der Waals surface area contributed by atoms with Crippen LogP contribution < -0.4 is 0 Å². The summed E-state index contributed by atoms with van der Waals surface area (Å²) in [7, 11) is 1.64. The Kier molecular flexibility index (Phi) is 5.35. The van der Waals surface area contributed by atoms with E-state index in [1.165, 1.54) is 0 Å². The predicted molar refractivity (Wildman–Crippen MR) is 46.4 cm³/mol. The minimum Gasteiger partial charge on any atom is -0.512 e. The number of hydrogen-bond donors (Lipinski definition) is 1. The summed E-state index contributed by atoms with van der Waals surface area (Å²) in [6, 6.07) is 0. The number of aliphatic hydroxyl groups is 1. The average Bonchev–Trinajstić information content (AvgIpc) is 2.10. The van der Waals surface area contributed by atoms with Crippen LogP contribution in [-0.4, -0.2) is 12.2 Å². The molecule has 0 aliphatic heterocycles. The number of rotatable bonds is 1. The molecular formula is C9H16O2. The van der Waals surface area contributed by atoms with Crippen LogP contribution in [0.4, 0.5) is 0 Å². The van der Waals surface area contributed by atoms with Gasteiger partial charge in [0.15, 0.2) is 0 Å². The van der Waals surface area contributed by atoms with Crippen molar-refractivity contribution in [3.8, 4) is 0 Å². The molecule has 2 heteroatoms. The van der Waals surface area contributed by atoms with Crippen molar-refractivity contribution in [1.82, 2.24) is 0 Å². The fraction of sp³-hybridized carbons (Fsp3) is 0.556. The van der Waals surface area contributed by atoms with Crippen LogP contribution in [0.2, 0.25) is 0 Å². The summed E-state index contributed by atoms with van der Waals surface area (Å²) < 4.78 is 4.94. The van der Waals surface area contributed by atoms with E-state index in [4.69, 9.17) is 9.84 Å². The lowest BCUT2D eigenvalue weighted by atomic mass is 10.1. The van der Waals surface area contributed by atoms with E-state index in [9.17, 15) is 0 Å². The van der Waals surface area contributed by atoms with Gasteiger partial charge in [-0.3, -0.25) is 0 Å². The van der Waals surface area contributed by atoms with Crippen molar-refractivity contribution in [2.45, 2.75) is 26.7 Å². The highest BCUT2D eigenvalue weighted by atomic mass is 16.5. The maximum Gasteiger partial charge on any atom is 0.0961 e. The van der Waals surface area contributed by atoms with Crippen molar-refractivity contribution in [3.63, 3.8) is 0 Å². The molecule has 0 saturated carbocycles. The van der Waals surface area contributed by atoms with E-state index >= 15 is 0 Å². The highest BCUT2D eigenvalue weighted by Crippen LogP contribution is 2.15. The third-order valence-corrected chi connectivity index (χ3v) is 1.35. The molecule has 0 aromatic rings. The van der Waals surface area contributed by atoms with Gasteiger partial charge in [-0.1, -0.05) is 13.8 Å². The molecule has 1 N–H and O–H groups in total. The summed E-state index contributed by atoms with van der Waals surface area (Å²) in [5.74, 6) is 1.38. The highest BCUT2D eigenvalue weighted by Gasteiger charge is 2.02. The van der Waals surface area contributed by atoms with Gasteiger partial charge in [-0.25, -0.2) is 0 Å². The smallest absolute Gasteiger partial charge is 0.0961 e. The van der Waals surface area contributed by atoms with Crippen molar-refractivity contribution in [1.29, 1.82) is 0 Å². The second-order valence-corrected chi connectivity index (χ2v) is 2.00. The fourth-order valence-corrected chi connectivity index (χ4v) is 0.777. The standard InChI is InChI=1S/C7H10O2.C2H6/c1-9-7-4-2-6(8)3-5-7;1-2/h2,4,8H,3,5H2,1H3;1-2H3. The number of hydrogen-bond acceptors (Lipinski definition) is 2. The average molecular weight is 156 g/mol. The van der Waals surface area contributed by atoms with Gasteiger partial charge in [-0.2, -0.15) is 0 Å². The van der Waals surface area contributed by atoms with Gasteiger partial charge in [-0.05, 0) is 12.2 Å². The molecule has 1 aliphatic rings. The molecule has 0 saturated heterocycles. The molecule has 11 heavy (non-hydrogen) atoms. The minimum atomic E-state index is 0.441. The SMILES string of the molecule is CC.COC1=CC=C(O)CC1. The Morgan fingerprint density at radius 3 is 2.27 bits per heavy atom. The van der Waals surface area contributed by atoms with E-state index in [1.54, 1.807) is 19.3 Å². The molecule has 0 atom stereocenters. The van der Waals surface area contributed by atoms with Crippen LogP contribution in [0.15, 0.2) is 23.7 Å².